The van der Waals surface area contributed by atoms with E-state index in [2.05, 4.69) is 6.92 Å². The first kappa shape index (κ1) is 19.1. The lowest BCUT2D eigenvalue weighted by Gasteiger charge is -2.38. The standard InChI is InChI=1S/C20H35F3/c1-2-5-16-7-11-18(12-8-16)19-13-9-17(10-14-19)6-3-4-15-20(21,22)23/h16-19H,2-15H2,1H3. The maximum absolute atomic E-state index is 12.2. The van der Waals surface area contributed by atoms with E-state index in [1.807, 2.05) is 0 Å². The van der Waals surface area contributed by atoms with Crippen molar-refractivity contribution in [3.05, 3.63) is 0 Å². The summed E-state index contributed by atoms with van der Waals surface area (Å²) in [5.41, 5.74) is 0. The molecule has 0 unspecified atom stereocenters. The fourth-order valence-electron chi connectivity index (χ4n) is 5.06. The van der Waals surface area contributed by atoms with E-state index in [-0.39, 0.29) is 0 Å². The van der Waals surface area contributed by atoms with Crippen LogP contribution in [-0.4, -0.2) is 6.18 Å². The SMILES string of the molecule is CCCC1CCC(C2CCC(CCCCC(F)(F)F)CC2)CC1. The second kappa shape index (κ2) is 9.32. The van der Waals surface area contributed by atoms with E-state index in [1.165, 1.54) is 64.2 Å². The Hall–Kier alpha value is -0.210. The van der Waals surface area contributed by atoms with Gasteiger partial charge in [0.05, 0.1) is 0 Å². The second-order valence-corrected chi connectivity index (χ2v) is 8.21. The van der Waals surface area contributed by atoms with Gasteiger partial charge in [-0.3, -0.25) is 0 Å². The van der Waals surface area contributed by atoms with Crippen LogP contribution in [0.5, 0.6) is 0 Å². The number of unbranched alkanes of at least 4 members (excludes halogenated alkanes) is 1. The van der Waals surface area contributed by atoms with E-state index in [4.69, 9.17) is 0 Å². The highest BCUT2D eigenvalue weighted by molar-refractivity contribution is 4.82. The molecular formula is C20H35F3. The Balaban J connectivity index is 1.57. The summed E-state index contributed by atoms with van der Waals surface area (Å²) in [4.78, 5) is 0. The molecule has 3 heteroatoms. The average Bonchev–Trinajstić information content (AvgIpc) is 2.52. The second-order valence-electron chi connectivity index (χ2n) is 8.21. The number of halogens is 3. The van der Waals surface area contributed by atoms with Crippen LogP contribution in [0.2, 0.25) is 0 Å². The molecule has 0 aromatic heterocycles. The van der Waals surface area contributed by atoms with Crippen molar-refractivity contribution in [2.24, 2.45) is 23.7 Å². The van der Waals surface area contributed by atoms with Gasteiger partial charge >= 0.3 is 6.18 Å². The van der Waals surface area contributed by atoms with Gasteiger partial charge in [-0.1, -0.05) is 58.3 Å². The van der Waals surface area contributed by atoms with Gasteiger partial charge in [0.1, 0.15) is 0 Å². The molecule has 2 saturated carbocycles. The molecule has 0 aromatic rings. The van der Waals surface area contributed by atoms with E-state index in [1.54, 1.807) is 0 Å². The fourth-order valence-corrected chi connectivity index (χ4v) is 5.06. The van der Waals surface area contributed by atoms with Gasteiger partial charge in [0.2, 0.25) is 0 Å². The summed E-state index contributed by atoms with van der Waals surface area (Å²) in [6.07, 6.45) is 11.3. The lowest BCUT2D eigenvalue weighted by molar-refractivity contribution is -0.135. The van der Waals surface area contributed by atoms with Gasteiger partial charge in [-0.05, 0) is 55.8 Å². The molecule has 0 bridgehead atoms. The van der Waals surface area contributed by atoms with E-state index >= 15 is 0 Å². The molecule has 136 valence electrons. The van der Waals surface area contributed by atoms with Gasteiger partial charge in [0, 0.05) is 6.42 Å². The molecule has 0 heterocycles. The van der Waals surface area contributed by atoms with Crippen molar-refractivity contribution in [1.29, 1.82) is 0 Å². The Labute approximate surface area is 140 Å². The number of hydrogen-bond acceptors (Lipinski definition) is 0. The summed E-state index contributed by atoms with van der Waals surface area (Å²) in [6.45, 7) is 2.29. The van der Waals surface area contributed by atoms with Crippen LogP contribution in [0.3, 0.4) is 0 Å². The molecule has 0 atom stereocenters. The quantitative estimate of drug-likeness (QED) is 0.423. The highest BCUT2D eigenvalue weighted by Gasteiger charge is 2.31. The van der Waals surface area contributed by atoms with Crippen molar-refractivity contribution >= 4 is 0 Å². The summed E-state index contributed by atoms with van der Waals surface area (Å²) in [7, 11) is 0. The molecule has 0 saturated heterocycles. The van der Waals surface area contributed by atoms with Crippen LogP contribution < -0.4 is 0 Å². The number of alkyl halides is 3. The molecule has 0 spiro atoms. The molecule has 0 aliphatic heterocycles. The minimum atomic E-state index is -3.96. The summed E-state index contributed by atoms with van der Waals surface area (Å²) < 4.78 is 36.5. The first-order valence-corrected chi connectivity index (χ1v) is 10.0. The minimum Gasteiger partial charge on any atom is -0.171 e. The van der Waals surface area contributed by atoms with Crippen LogP contribution in [0.4, 0.5) is 13.2 Å². The normalized spacial score (nSPS) is 32.9. The van der Waals surface area contributed by atoms with Crippen LogP contribution in [0.25, 0.3) is 0 Å². The minimum absolute atomic E-state index is 0.324. The van der Waals surface area contributed by atoms with Crippen molar-refractivity contribution in [3.8, 4) is 0 Å². The Morgan fingerprint density at radius 3 is 1.61 bits per heavy atom. The molecule has 0 amide bonds. The zero-order valence-corrected chi connectivity index (χ0v) is 14.8. The number of hydrogen-bond donors (Lipinski definition) is 0. The molecule has 0 aromatic carbocycles. The zero-order valence-electron chi connectivity index (χ0n) is 14.8. The summed E-state index contributed by atoms with van der Waals surface area (Å²) >= 11 is 0. The molecule has 0 N–H and O–H groups in total. The van der Waals surface area contributed by atoms with Gasteiger partial charge < -0.3 is 0 Å². The number of rotatable bonds is 7. The molecule has 0 radical (unpaired) electrons. The first-order chi connectivity index (χ1) is 11.0. The van der Waals surface area contributed by atoms with Gasteiger partial charge in [-0.25, -0.2) is 0 Å². The van der Waals surface area contributed by atoms with Crippen molar-refractivity contribution < 1.29 is 13.2 Å². The van der Waals surface area contributed by atoms with Gasteiger partial charge in [-0.15, -0.1) is 0 Å². The van der Waals surface area contributed by atoms with Crippen LogP contribution in [0.15, 0.2) is 0 Å². The van der Waals surface area contributed by atoms with Crippen LogP contribution in [0, 0.1) is 23.7 Å². The Kier molecular flexibility index (Phi) is 7.75. The van der Waals surface area contributed by atoms with E-state index in [0.29, 0.717) is 12.3 Å². The topological polar surface area (TPSA) is 0 Å². The average molecular weight is 332 g/mol. The van der Waals surface area contributed by atoms with Crippen LogP contribution in [0.1, 0.15) is 96.8 Å². The molecule has 2 fully saturated rings. The predicted molar refractivity (Wildman–Crippen MR) is 90.3 cm³/mol. The highest BCUT2D eigenvalue weighted by Crippen LogP contribution is 2.43. The van der Waals surface area contributed by atoms with E-state index in [0.717, 1.165) is 30.6 Å². The maximum Gasteiger partial charge on any atom is 0.389 e. The largest absolute Gasteiger partial charge is 0.389 e. The zero-order chi connectivity index (χ0) is 16.7. The molecule has 23 heavy (non-hydrogen) atoms. The third kappa shape index (κ3) is 7.05. The fraction of sp³-hybridized carbons (Fsp3) is 1.00. The van der Waals surface area contributed by atoms with Gasteiger partial charge in [0.25, 0.3) is 0 Å². The summed E-state index contributed by atoms with van der Waals surface area (Å²) in [5, 5.41) is 0. The van der Waals surface area contributed by atoms with Crippen LogP contribution >= 0.6 is 0 Å². The molecular weight excluding hydrogens is 297 g/mol. The van der Waals surface area contributed by atoms with Gasteiger partial charge in [-0.2, -0.15) is 13.2 Å². The lowest BCUT2D eigenvalue weighted by Crippen LogP contribution is -2.25. The molecule has 2 aliphatic carbocycles. The predicted octanol–water partition coefficient (Wildman–Crippen LogP) is 7.52. The third-order valence-electron chi connectivity index (χ3n) is 6.47. The first-order valence-electron chi connectivity index (χ1n) is 10.0. The van der Waals surface area contributed by atoms with Crippen molar-refractivity contribution in [2.75, 3.05) is 0 Å². The third-order valence-corrected chi connectivity index (χ3v) is 6.47. The maximum atomic E-state index is 12.2. The summed E-state index contributed by atoms with van der Waals surface area (Å²) in [6, 6.07) is 0. The highest BCUT2D eigenvalue weighted by atomic mass is 19.4. The smallest absolute Gasteiger partial charge is 0.171 e. The Morgan fingerprint density at radius 2 is 1.17 bits per heavy atom. The summed E-state index contributed by atoms with van der Waals surface area (Å²) in [5.74, 6) is 3.57. The van der Waals surface area contributed by atoms with E-state index in [9.17, 15) is 13.2 Å². The molecule has 0 nitrogen and oxygen atoms in total. The van der Waals surface area contributed by atoms with Gasteiger partial charge in [0.15, 0.2) is 0 Å². The molecule has 2 rings (SSSR count). The molecule has 2 aliphatic rings. The Morgan fingerprint density at radius 1 is 0.696 bits per heavy atom. The Bertz CT molecular complexity index is 307. The van der Waals surface area contributed by atoms with Crippen molar-refractivity contribution in [1.82, 2.24) is 0 Å². The lowest BCUT2D eigenvalue weighted by atomic mass is 9.68. The van der Waals surface area contributed by atoms with Crippen LogP contribution in [-0.2, 0) is 0 Å². The monoisotopic (exact) mass is 332 g/mol. The van der Waals surface area contributed by atoms with Crippen molar-refractivity contribution in [2.45, 2.75) is 103 Å². The van der Waals surface area contributed by atoms with E-state index < -0.39 is 12.6 Å². The van der Waals surface area contributed by atoms with Crippen molar-refractivity contribution in [3.63, 3.8) is 0 Å².